The number of H-pyrrole nitrogens is 1. The van der Waals surface area contributed by atoms with Crippen molar-refractivity contribution in [2.75, 3.05) is 12.4 Å². The molecular weight excluding hydrogens is 480 g/mol. The molecule has 4 aromatic rings. The normalized spacial score (nSPS) is 11.4. The van der Waals surface area contributed by atoms with E-state index in [1.54, 1.807) is 25.2 Å². The maximum Gasteiger partial charge on any atom is 0.334 e. The van der Waals surface area contributed by atoms with Gasteiger partial charge < -0.3 is 10.3 Å². The summed E-state index contributed by atoms with van der Waals surface area (Å²) < 4.78 is 27.2. The van der Waals surface area contributed by atoms with E-state index in [0.29, 0.717) is 11.2 Å². The molecule has 11 nitrogen and oxygen atoms in total. The quantitative estimate of drug-likeness (QED) is 0.377. The van der Waals surface area contributed by atoms with E-state index in [4.69, 9.17) is 11.6 Å². The fraction of sp³-hybridized carbons (Fsp3) is 0.0556. The minimum absolute atomic E-state index is 0.139. The molecule has 0 saturated heterocycles. The highest BCUT2D eigenvalue weighted by atomic mass is 35.5. The van der Waals surface area contributed by atoms with Gasteiger partial charge in [0, 0.05) is 12.7 Å². The van der Waals surface area contributed by atoms with Crippen molar-refractivity contribution in [2.45, 2.75) is 4.21 Å². The van der Waals surface area contributed by atoms with E-state index in [1.807, 2.05) is 4.72 Å². The van der Waals surface area contributed by atoms with Crippen LogP contribution < -0.4 is 21.3 Å². The fourth-order valence-corrected chi connectivity index (χ4v) is 5.25. The van der Waals surface area contributed by atoms with Crippen molar-refractivity contribution < 1.29 is 13.2 Å². The van der Waals surface area contributed by atoms with Crippen LogP contribution in [0.3, 0.4) is 0 Å². The van der Waals surface area contributed by atoms with Crippen molar-refractivity contribution in [1.82, 2.24) is 24.2 Å². The molecule has 3 N–H and O–H groups in total. The zero-order valence-corrected chi connectivity index (χ0v) is 18.5. The maximum atomic E-state index is 12.8. The summed E-state index contributed by atoms with van der Waals surface area (Å²) >= 11 is 6.52. The summed E-state index contributed by atoms with van der Waals surface area (Å²) in [5.74, 6) is -1.17. The summed E-state index contributed by atoms with van der Waals surface area (Å²) in [6.07, 6.45) is 1.98. The Bertz CT molecular complexity index is 1570. The van der Waals surface area contributed by atoms with Gasteiger partial charge in [-0.1, -0.05) is 11.6 Å². The number of sulfonamides is 1. The lowest BCUT2D eigenvalue weighted by Crippen LogP contribution is -2.35. The van der Waals surface area contributed by atoms with E-state index in [1.165, 1.54) is 12.1 Å². The lowest BCUT2D eigenvalue weighted by Gasteiger charge is -2.08. The predicted molar refractivity (Wildman–Crippen MR) is 119 cm³/mol. The van der Waals surface area contributed by atoms with Crippen LogP contribution >= 0.6 is 22.9 Å². The van der Waals surface area contributed by atoms with Gasteiger partial charge in [-0.25, -0.2) is 32.5 Å². The molecule has 4 rings (SSSR count). The Labute approximate surface area is 188 Å². The highest BCUT2D eigenvalue weighted by Gasteiger charge is 2.22. The van der Waals surface area contributed by atoms with Gasteiger partial charge in [0.2, 0.25) is 0 Å². The van der Waals surface area contributed by atoms with Crippen LogP contribution in [-0.2, 0) is 10.0 Å². The summed E-state index contributed by atoms with van der Waals surface area (Å²) in [4.78, 5) is 47.9. The van der Waals surface area contributed by atoms with Gasteiger partial charge in [-0.15, -0.1) is 11.3 Å². The molecule has 32 heavy (non-hydrogen) atoms. The van der Waals surface area contributed by atoms with Gasteiger partial charge in [0.25, 0.3) is 21.5 Å². The van der Waals surface area contributed by atoms with Crippen LogP contribution in [0.1, 0.15) is 10.5 Å². The van der Waals surface area contributed by atoms with E-state index in [-0.39, 0.29) is 25.4 Å². The average molecular weight is 493 g/mol. The number of fused-ring (bicyclic) bond motifs is 1. The second-order valence-corrected chi connectivity index (χ2v) is 9.96. The molecule has 0 fully saturated rings. The van der Waals surface area contributed by atoms with Crippen molar-refractivity contribution in [2.24, 2.45) is 0 Å². The molecule has 0 aliphatic rings. The van der Waals surface area contributed by atoms with E-state index in [0.717, 1.165) is 28.3 Å². The van der Waals surface area contributed by atoms with Crippen LogP contribution in [0.25, 0.3) is 16.7 Å². The largest absolute Gasteiger partial charge is 0.388 e. The molecule has 0 saturated carbocycles. The van der Waals surface area contributed by atoms with Crippen molar-refractivity contribution in [3.63, 3.8) is 0 Å². The second-order valence-electron chi connectivity index (χ2n) is 6.33. The molecule has 3 aromatic heterocycles. The zero-order chi connectivity index (χ0) is 23.0. The van der Waals surface area contributed by atoms with Gasteiger partial charge in [-0.2, -0.15) is 0 Å². The molecule has 0 aliphatic carbocycles. The Morgan fingerprint density at radius 3 is 2.56 bits per heavy atom. The standard InChI is InChI=1S/C18H13ClN6O5S2/c1-20-9-2-3-10-11(6-9)23-18(28)25(17(10)27)14-8-21-12(7-22-14)16(26)24-32(29,30)15-5-4-13(19)31-15/h2-8,20H,1H3,(H,23,28)(H,24,26). The van der Waals surface area contributed by atoms with Crippen LogP contribution in [0.5, 0.6) is 0 Å². The number of rotatable bonds is 5. The molecule has 0 radical (unpaired) electrons. The molecule has 14 heteroatoms. The molecule has 0 spiro atoms. The lowest BCUT2D eigenvalue weighted by molar-refractivity contribution is 0.0976. The third-order valence-electron chi connectivity index (χ3n) is 4.33. The van der Waals surface area contributed by atoms with Crippen LogP contribution in [0.15, 0.2) is 56.5 Å². The van der Waals surface area contributed by atoms with Crippen LogP contribution in [0.2, 0.25) is 4.34 Å². The number of carbonyl (C=O) groups is 1. The van der Waals surface area contributed by atoms with Crippen LogP contribution in [-0.4, -0.2) is 40.9 Å². The number of halogens is 1. The number of nitrogens with one attached hydrogen (secondary N) is 3. The molecule has 0 bridgehead atoms. The maximum absolute atomic E-state index is 12.8. The number of aromatic amines is 1. The predicted octanol–water partition coefficient (Wildman–Crippen LogP) is 1.34. The van der Waals surface area contributed by atoms with Crippen molar-refractivity contribution in [3.8, 4) is 5.82 Å². The first kappa shape index (κ1) is 21.7. The topological polar surface area (TPSA) is 156 Å². The first-order chi connectivity index (χ1) is 15.2. The Balaban J connectivity index is 1.65. The number of hydrogen-bond acceptors (Lipinski definition) is 9. The number of anilines is 1. The summed E-state index contributed by atoms with van der Waals surface area (Å²) in [7, 11) is -2.44. The molecule has 1 aromatic carbocycles. The van der Waals surface area contributed by atoms with E-state index < -0.39 is 27.2 Å². The lowest BCUT2D eigenvalue weighted by atomic mass is 10.2. The van der Waals surface area contributed by atoms with E-state index in [9.17, 15) is 22.8 Å². The number of thiophene rings is 1. The van der Waals surface area contributed by atoms with Gasteiger partial charge in [0.15, 0.2) is 5.82 Å². The van der Waals surface area contributed by atoms with Crippen molar-refractivity contribution in [3.05, 3.63) is 73.6 Å². The molecule has 1 amide bonds. The Hall–Kier alpha value is -3.55. The molecule has 0 unspecified atom stereocenters. The fourth-order valence-electron chi connectivity index (χ4n) is 2.80. The molecule has 0 aliphatic heterocycles. The molecular formula is C18H13ClN6O5S2. The number of aromatic nitrogens is 4. The molecule has 3 heterocycles. The first-order valence-corrected chi connectivity index (χ1v) is 11.5. The SMILES string of the molecule is CNc1ccc2c(=O)n(-c3cnc(C(=O)NS(=O)(=O)c4ccc(Cl)s4)cn3)c(=O)[nH]c2c1. The van der Waals surface area contributed by atoms with Gasteiger partial charge in [0.05, 0.1) is 27.6 Å². The highest BCUT2D eigenvalue weighted by molar-refractivity contribution is 7.92. The van der Waals surface area contributed by atoms with Gasteiger partial charge in [0.1, 0.15) is 9.90 Å². The second kappa shape index (κ2) is 8.18. The van der Waals surface area contributed by atoms with E-state index >= 15 is 0 Å². The summed E-state index contributed by atoms with van der Waals surface area (Å²) in [5, 5.41) is 3.15. The van der Waals surface area contributed by atoms with Gasteiger partial charge in [-0.3, -0.25) is 9.59 Å². The number of benzene rings is 1. The third-order valence-corrected chi connectivity index (χ3v) is 7.38. The molecule has 0 atom stereocenters. The Morgan fingerprint density at radius 1 is 1.16 bits per heavy atom. The minimum atomic E-state index is -4.14. The number of nitrogens with zero attached hydrogens (tertiary/aromatic N) is 3. The monoisotopic (exact) mass is 492 g/mol. The van der Waals surface area contributed by atoms with Gasteiger partial charge >= 0.3 is 5.69 Å². The van der Waals surface area contributed by atoms with Crippen LogP contribution in [0.4, 0.5) is 5.69 Å². The summed E-state index contributed by atoms with van der Waals surface area (Å²) in [6.45, 7) is 0. The van der Waals surface area contributed by atoms with Crippen LogP contribution in [0, 0.1) is 0 Å². The van der Waals surface area contributed by atoms with Gasteiger partial charge in [-0.05, 0) is 30.3 Å². The summed E-state index contributed by atoms with van der Waals surface area (Å²) in [5.41, 5.74) is -0.662. The third kappa shape index (κ3) is 4.00. The number of carbonyl (C=O) groups excluding carboxylic acids is 1. The Morgan fingerprint density at radius 2 is 1.94 bits per heavy atom. The average Bonchev–Trinajstić information content (AvgIpc) is 3.21. The molecule has 164 valence electrons. The minimum Gasteiger partial charge on any atom is -0.388 e. The highest BCUT2D eigenvalue weighted by Crippen LogP contribution is 2.25. The Kier molecular flexibility index (Phi) is 5.54. The van der Waals surface area contributed by atoms with E-state index in [2.05, 4.69) is 20.3 Å². The first-order valence-electron chi connectivity index (χ1n) is 8.81. The summed E-state index contributed by atoms with van der Waals surface area (Å²) in [6, 6.07) is 7.48. The zero-order valence-electron chi connectivity index (χ0n) is 16.1. The van der Waals surface area contributed by atoms with Crippen molar-refractivity contribution >= 4 is 55.5 Å². The number of amides is 1. The smallest absolute Gasteiger partial charge is 0.334 e. The van der Waals surface area contributed by atoms with Crippen molar-refractivity contribution in [1.29, 1.82) is 0 Å². The number of hydrogen-bond donors (Lipinski definition) is 3.